The van der Waals surface area contributed by atoms with Gasteiger partial charge in [0.05, 0.1) is 36.0 Å². The van der Waals surface area contributed by atoms with Gasteiger partial charge < -0.3 is 71.8 Å². The number of carbonyl (C=O) groups excluding carboxylic acids is 7. The summed E-state index contributed by atoms with van der Waals surface area (Å²) in [6, 6.07) is 23.8. The van der Waals surface area contributed by atoms with Crippen LogP contribution >= 0.6 is 0 Å². The molecule has 0 bridgehead atoms. The van der Waals surface area contributed by atoms with Crippen LogP contribution in [0.3, 0.4) is 0 Å². The number of fused-ring (bicyclic) bond motifs is 5. The van der Waals surface area contributed by atoms with Gasteiger partial charge in [-0.1, -0.05) is 108 Å². The third-order valence-corrected chi connectivity index (χ3v) is 21.6. The predicted octanol–water partition coefficient (Wildman–Crippen LogP) is 9.46. The van der Waals surface area contributed by atoms with Crippen LogP contribution in [0.5, 0.6) is 0 Å². The fourth-order valence-electron chi connectivity index (χ4n) is 17.2. The number of ether oxygens (including phenoxy) is 13. The second-order valence-electron chi connectivity index (χ2n) is 28.2. The van der Waals surface area contributed by atoms with Crippen LogP contribution < -0.4 is 0 Å². The van der Waals surface area contributed by atoms with E-state index in [4.69, 9.17) is 61.6 Å². The molecule has 22 heteroatoms. The Morgan fingerprint density at radius 3 is 1.64 bits per heavy atom. The number of carbonyl (C=O) groups is 7. The van der Waals surface area contributed by atoms with E-state index in [0.29, 0.717) is 53.8 Å². The highest BCUT2D eigenvalue weighted by Gasteiger charge is 2.63. The van der Waals surface area contributed by atoms with Crippen molar-refractivity contribution in [2.75, 3.05) is 19.8 Å². The summed E-state index contributed by atoms with van der Waals surface area (Å²) in [5.41, 5.74) is 0.568. The highest BCUT2D eigenvalue weighted by Crippen LogP contribution is 2.68. The molecule has 3 aromatic carbocycles. The average Bonchev–Trinajstić information content (AvgIpc) is 1.07. The highest BCUT2D eigenvalue weighted by atomic mass is 16.8. The fourth-order valence-corrected chi connectivity index (χ4v) is 17.2. The Bertz CT molecular complexity index is 3090. The molecule has 10 rings (SSSR count). The molecule has 0 aromatic heterocycles. The van der Waals surface area contributed by atoms with Gasteiger partial charge in [-0.15, -0.1) is 0 Å². The van der Waals surface area contributed by atoms with Gasteiger partial charge in [-0.05, 0) is 146 Å². The Hall–Kier alpha value is -6.37. The number of esters is 7. The maximum absolute atomic E-state index is 14.5. The zero-order valence-corrected chi connectivity index (χ0v) is 56.0. The summed E-state index contributed by atoms with van der Waals surface area (Å²) in [4.78, 5) is 94.4. The van der Waals surface area contributed by atoms with Crippen molar-refractivity contribution in [1.82, 2.24) is 0 Å². The molecule has 4 saturated carbocycles. The molecule has 0 unspecified atom stereocenters. The van der Waals surface area contributed by atoms with Gasteiger partial charge in [0.1, 0.15) is 37.1 Å². The first-order valence-electron chi connectivity index (χ1n) is 34.1. The lowest BCUT2D eigenvalue weighted by Gasteiger charge is -2.61. The fraction of sp³-hybridized carbons (Fsp3) is 0.658. The number of aliphatic hydroxyl groups is 2. The van der Waals surface area contributed by atoms with E-state index >= 15 is 0 Å². The molecular formula is C73H96O22. The first kappa shape index (κ1) is 71.4. The molecule has 3 heterocycles. The van der Waals surface area contributed by atoms with Crippen molar-refractivity contribution in [1.29, 1.82) is 0 Å². The van der Waals surface area contributed by atoms with E-state index in [1.165, 1.54) is 74.9 Å². The summed E-state index contributed by atoms with van der Waals surface area (Å²) < 4.78 is 82.0. The molecule has 3 saturated heterocycles. The van der Waals surface area contributed by atoms with Gasteiger partial charge in [0.15, 0.2) is 55.5 Å². The lowest BCUT2D eigenvalue weighted by molar-refractivity contribution is -0.392. The SMILES string of the molecule is CC(=O)OC[C@H]1O[C@@H](O[C@H]2[C@H](O[C@H]3CC[C@@]4(C)[C@@H](CC[C@@H]5[C@@H]4CC[C@]4(C)[C@@H]([C@H](C)CCCC(C)C)CC[C@@H]54)C3)O[C@H](CO)[C@@H](O)[C@@H]2O[C@@H]2OC[C@@H](OC(=O)c3ccccc3)[C@H](OC(=O)c3ccccc3)[C@H]2OC(=O)c2ccccc2)[C@H](OC(C)=O)[C@@H](OC(C)=O)[C@H]1OC(C)=O. The minimum atomic E-state index is -1.90. The van der Waals surface area contributed by atoms with Gasteiger partial charge >= 0.3 is 41.8 Å². The monoisotopic (exact) mass is 1320 g/mol. The van der Waals surface area contributed by atoms with Crippen molar-refractivity contribution in [2.24, 2.45) is 52.3 Å². The van der Waals surface area contributed by atoms with Crippen LogP contribution in [0.25, 0.3) is 0 Å². The van der Waals surface area contributed by atoms with Gasteiger partial charge in [0.25, 0.3) is 0 Å². The van der Waals surface area contributed by atoms with E-state index in [2.05, 4.69) is 34.6 Å². The largest absolute Gasteiger partial charge is 0.463 e. The molecule has 4 aliphatic carbocycles. The molecule has 3 aliphatic heterocycles. The van der Waals surface area contributed by atoms with E-state index in [1.807, 2.05) is 0 Å². The van der Waals surface area contributed by atoms with Crippen LogP contribution in [0.15, 0.2) is 91.0 Å². The minimum Gasteiger partial charge on any atom is -0.463 e. The summed E-state index contributed by atoms with van der Waals surface area (Å²) in [6.07, 6.45) is -11.7. The normalized spacial score (nSPS) is 36.2. The number of aliphatic hydroxyl groups excluding tert-OH is 2. The van der Waals surface area contributed by atoms with Crippen molar-refractivity contribution >= 4 is 41.8 Å². The van der Waals surface area contributed by atoms with Gasteiger partial charge in [0.2, 0.25) is 0 Å². The Morgan fingerprint density at radius 2 is 1.05 bits per heavy atom. The summed E-state index contributed by atoms with van der Waals surface area (Å²) in [7, 11) is 0. The molecule has 22 nitrogen and oxygen atoms in total. The van der Waals surface area contributed by atoms with Crippen LogP contribution in [0.1, 0.15) is 170 Å². The smallest absolute Gasteiger partial charge is 0.338 e. The highest BCUT2D eigenvalue weighted by molar-refractivity contribution is 5.91. The summed E-state index contributed by atoms with van der Waals surface area (Å²) in [5.74, 6) is -2.06. The Kier molecular flexibility index (Phi) is 23.6. The van der Waals surface area contributed by atoms with Crippen LogP contribution in [0.4, 0.5) is 0 Å². The second-order valence-corrected chi connectivity index (χ2v) is 28.2. The molecule has 7 aliphatic rings. The van der Waals surface area contributed by atoms with E-state index in [9.17, 15) is 43.8 Å². The Balaban J connectivity index is 1.01. The molecule has 3 aromatic rings. The van der Waals surface area contributed by atoms with E-state index in [0.717, 1.165) is 53.4 Å². The van der Waals surface area contributed by atoms with Crippen molar-refractivity contribution in [3.05, 3.63) is 108 Å². The van der Waals surface area contributed by atoms with Crippen molar-refractivity contribution in [3.63, 3.8) is 0 Å². The number of hydrogen-bond acceptors (Lipinski definition) is 22. The molecule has 520 valence electrons. The van der Waals surface area contributed by atoms with Crippen LogP contribution in [0.2, 0.25) is 0 Å². The van der Waals surface area contributed by atoms with Gasteiger partial charge in [-0.3, -0.25) is 19.2 Å². The molecule has 23 atom stereocenters. The molecule has 0 radical (unpaired) electrons. The van der Waals surface area contributed by atoms with Crippen LogP contribution in [-0.4, -0.2) is 164 Å². The predicted molar refractivity (Wildman–Crippen MR) is 338 cm³/mol. The van der Waals surface area contributed by atoms with E-state index in [1.54, 1.807) is 54.6 Å². The number of hydrogen-bond donors (Lipinski definition) is 2. The maximum Gasteiger partial charge on any atom is 0.338 e. The number of benzene rings is 3. The van der Waals surface area contributed by atoms with Gasteiger partial charge in [-0.25, -0.2) is 14.4 Å². The molecule has 95 heavy (non-hydrogen) atoms. The first-order valence-corrected chi connectivity index (χ1v) is 34.1. The second kappa shape index (κ2) is 31.4. The van der Waals surface area contributed by atoms with E-state index in [-0.39, 0.29) is 28.0 Å². The number of rotatable bonds is 23. The Morgan fingerprint density at radius 1 is 0.526 bits per heavy atom. The molecule has 2 N–H and O–H groups in total. The molecular weight excluding hydrogens is 1230 g/mol. The zero-order valence-electron chi connectivity index (χ0n) is 56.0. The van der Waals surface area contributed by atoms with Crippen LogP contribution in [0, 0.1) is 52.3 Å². The summed E-state index contributed by atoms with van der Waals surface area (Å²) in [6.45, 7) is 14.6. The van der Waals surface area contributed by atoms with Crippen molar-refractivity contribution < 1.29 is 105 Å². The molecule has 0 spiro atoms. The van der Waals surface area contributed by atoms with Crippen molar-refractivity contribution in [2.45, 2.75) is 231 Å². The minimum absolute atomic E-state index is 0.00344. The van der Waals surface area contributed by atoms with Gasteiger partial charge in [0, 0.05) is 27.7 Å². The summed E-state index contributed by atoms with van der Waals surface area (Å²) in [5, 5.41) is 23.9. The lowest BCUT2D eigenvalue weighted by atomic mass is 9.44. The molecule has 0 amide bonds. The average molecular weight is 1330 g/mol. The lowest BCUT2D eigenvalue weighted by Crippen LogP contribution is -2.68. The standard InChI is InChI=1S/C73H96O22/c1-40(2)20-19-21-41(3)52-30-31-53-51-29-28-49-36-50(32-34-72(49,8)54(51)33-35-73(52,53)9)88-70-64(95-71-65(87-45(7)78)62(86-44(6)77)59(85-43(5)76)57(91-71)38-83-42(4)75)61(58(79)55(37-74)90-70)94-69-63(93-68(82)48-26-17-12-18-27-48)60(92-67(81)47-24-15-11-16-25-47)56(39-84-69)89-66(80)46-22-13-10-14-23-46/h10-18,22-27,40-41,49-65,69-71,74,79H,19-21,28-39H2,1-9H3/t41-,49+,50+,51+,52-,53+,54+,55-,56-,57-,58-,59+,60+,61+,62+,63-,64-,65-,69+,70-,71+,72+,73-/m1/s1. The van der Waals surface area contributed by atoms with Crippen molar-refractivity contribution in [3.8, 4) is 0 Å². The van der Waals surface area contributed by atoms with Gasteiger partial charge in [-0.2, -0.15) is 0 Å². The third kappa shape index (κ3) is 16.5. The Labute approximate surface area is 556 Å². The van der Waals surface area contributed by atoms with Crippen LogP contribution in [-0.2, 0) is 80.8 Å². The summed E-state index contributed by atoms with van der Waals surface area (Å²) >= 11 is 0. The molecule has 7 fully saturated rings. The quantitative estimate of drug-likeness (QED) is 0.0508. The topological polar surface area (TPSA) is 280 Å². The van der Waals surface area contributed by atoms with E-state index < -0.39 is 154 Å². The first-order chi connectivity index (χ1) is 45.5. The maximum atomic E-state index is 14.5. The third-order valence-electron chi connectivity index (χ3n) is 21.6. The zero-order chi connectivity index (χ0) is 67.9.